The molecule has 1 fully saturated rings. The van der Waals surface area contributed by atoms with Crippen molar-refractivity contribution in [2.45, 2.75) is 64.6 Å². The maximum absolute atomic E-state index is 13.5. The summed E-state index contributed by atoms with van der Waals surface area (Å²) < 4.78 is 10.5. The quantitative estimate of drug-likeness (QED) is 0.585. The maximum Gasteiger partial charge on any atom is 0.410 e. The summed E-state index contributed by atoms with van der Waals surface area (Å²) in [5, 5.41) is 6.56. The summed E-state index contributed by atoms with van der Waals surface area (Å²) in [5.41, 5.74) is -1.94. The van der Waals surface area contributed by atoms with Gasteiger partial charge < -0.3 is 24.6 Å². The van der Waals surface area contributed by atoms with Crippen LogP contribution < -0.4 is 10.6 Å². The molecule has 0 saturated carbocycles. The molecule has 2 bridgehead atoms. The van der Waals surface area contributed by atoms with Gasteiger partial charge in [0.2, 0.25) is 0 Å². The van der Waals surface area contributed by atoms with E-state index in [2.05, 4.69) is 10.6 Å². The Morgan fingerprint density at radius 2 is 1.65 bits per heavy atom. The summed E-state index contributed by atoms with van der Waals surface area (Å²) in [4.78, 5) is 54.4. The third kappa shape index (κ3) is 7.02. The third-order valence-electron chi connectivity index (χ3n) is 6.37. The molecule has 2 atom stereocenters. The van der Waals surface area contributed by atoms with Crippen LogP contribution in [0.15, 0.2) is 12.2 Å². The van der Waals surface area contributed by atoms with Crippen LogP contribution in [-0.2, 0) is 19.1 Å². The summed E-state index contributed by atoms with van der Waals surface area (Å²) in [5.74, 6) is -0.415. The predicted octanol–water partition coefficient (Wildman–Crippen LogP) is 1.74. The maximum atomic E-state index is 13.5. The number of carbonyl (C=O) groups excluding carboxylic acids is 4. The van der Waals surface area contributed by atoms with E-state index in [0.29, 0.717) is 19.4 Å². The normalized spacial score (nSPS) is 28.1. The van der Waals surface area contributed by atoms with E-state index in [4.69, 9.17) is 9.47 Å². The zero-order valence-electron chi connectivity index (χ0n) is 21.3. The number of rotatable bonds is 4. The first kappa shape index (κ1) is 27.8. The van der Waals surface area contributed by atoms with Crippen LogP contribution in [0.5, 0.6) is 0 Å². The van der Waals surface area contributed by atoms with Crippen molar-refractivity contribution < 1.29 is 28.7 Å². The average molecular weight is 481 g/mol. The summed E-state index contributed by atoms with van der Waals surface area (Å²) in [6.45, 7) is 10.2. The lowest BCUT2D eigenvalue weighted by molar-refractivity contribution is -0.129. The van der Waals surface area contributed by atoms with Gasteiger partial charge in [-0.25, -0.2) is 9.59 Å². The van der Waals surface area contributed by atoms with Crippen LogP contribution in [0.3, 0.4) is 0 Å². The molecule has 1 saturated heterocycles. The number of Topliss-reactive ketones (excluding diaryl/α,β-unsaturated/α-hetero) is 2. The number of amides is 2. The van der Waals surface area contributed by atoms with Crippen molar-refractivity contribution in [3.63, 3.8) is 0 Å². The predicted molar refractivity (Wildman–Crippen MR) is 128 cm³/mol. The van der Waals surface area contributed by atoms with Crippen molar-refractivity contribution >= 4 is 23.8 Å². The Morgan fingerprint density at radius 1 is 1.03 bits per heavy atom. The van der Waals surface area contributed by atoms with Crippen molar-refractivity contribution in [3.05, 3.63) is 12.2 Å². The summed E-state index contributed by atoms with van der Waals surface area (Å²) in [7, 11) is 1.60. The van der Waals surface area contributed by atoms with Gasteiger partial charge in [-0.2, -0.15) is 0 Å². The third-order valence-corrected chi connectivity index (χ3v) is 6.37. The molecule has 2 amide bonds. The SMILES string of the molecule is CC(C)N[C@]12CCN(C1)C(=O)OCC=CCOC(=O)N(C)CC[C@@](C)(C(=O)C(C)C)NCC2=O. The minimum Gasteiger partial charge on any atom is -0.445 e. The zero-order valence-corrected chi connectivity index (χ0v) is 21.3. The fourth-order valence-electron chi connectivity index (χ4n) is 4.38. The number of fused-ring (bicyclic) bond motifs is 2. The molecule has 10 nitrogen and oxygen atoms in total. The molecule has 34 heavy (non-hydrogen) atoms. The van der Waals surface area contributed by atoms with E-state index in [1.54, 1.807) is 26.1 Å². The summed E-state index contributed by atoms with van der Waals surface area (Å²) in [6, 6.07) is 0.0176. The smallest absolute Gasteiger partial charge is 0.410 e. The molecule has 2 aliphatic rings. The molecule has 0 aromatic rings. The van der Waals surface area contributed by atoms with Crippen LogP contribution in [0.1, 0.15) is 47.5 Å². The molecule has 2 heterocycles. The Hall–Kier alpha value is -2.46. The molecule has 0 unspecified atom stereocenters. The van der Waals surface area contributed by atoms with Crippen molar-refractivity contribution in [1.29, 1.82) is 0 Å². The van der Waals surface area contributed by atoms with Crippen molar-refractivity contribution in [3.8, 4) is 0 Å². The molecule has 0 aromatic heterocycles. The molecule has 0 spiro atoms. The number of cyclic esters (lactones) is 2. The zero-order chi connectivity index (χ0) is 25.5. The molecule has 10 heteroatoms. The van der Waals surface area contributed by atoms with Crippen LogP contribution in [0.4, 0.5) is 9.59 Å². The number of nitrogens with one attached hydrogen (secondary N) is 2. The summed E-state index contributed by atoms with van der Waals surface area (Å²) in [6.07, 6.45) is 2.96. The van der Waals surface area contributed by atoms with E-state index in [9.17, 15) is 19.2 Å². The lowest BCUT2D eigenvalue weighted by Gasteiger charge is -2.35. The lowest BCUT2D eigenvalue weighted by Crippen LogP contribution is -2.62. The largest absolute Gasteiger partial charge is 0.445 e. The van der Waals surface area contributed by atoms with Gasteiger partial charge in [-0.05, 0) is 45.8 Å². The minimum absolute atomic E-state index is 0.0176. The Kier molecular flexibility index (Phi) is 9.64. The number of nitrogens with zero attached hydrogens (tertiary/aromatic N) is 2. The second kappa shape index (κ2) is 11.8. The molecule has 2 rings (SSSR count). The van der Waals surface area contributed by atoms with Gasteiger partial charge >= 0.3 is 12.2 Å². The van der Waals surface area contributed by atoms with Crippen LogP contribution in [0, 0.1) is 5.92 Å². The average Bonchev–Trinajstić information content (AvgIpc) is 3.21. The molecule has 192 valence electrons. The minimum atomic E-state index is -1.01. The topological polar surface area (TPSA) is 117 Å². The van der Waals surface area contributed by atoms with Crippen molar-refractivity contribution in [1.82, 2.24) is 20.4 Å². The van der Waals surface area contributed by atoms with Crippen LogP contribution >= 0.6 is 0 Å². The highest BCUT2D eigenvalue weighted by Gasteiger charge is 2.47. The van der Waals surface area contributed by atoms with Crippen LogP contribution in [-0.4, -0.2) is 97.1 Å². The number of hydrogen-bond acceptors (Lipinski definition) is 8. The fourth-order valence-corrected chi connectivity index (χ4v) is 4.38. The number of ketones is 2. The highest BCUT2D eigenvalue weighted by Crippen LogP contribution is 2.25. The first-order valence-corrected chi connectivity index (χ1v) is 11.9. The highest BCUT2D eigenvalue weighted by atomic mass is 16.6. The molecule has 2 aliphatic heterocycles. The Bertz CT molecular complexity index is 798. The number of carbonyl (C=O) groups is 4. The lowest BCUT2D eigenvalue weighted by atomic mass is 9.84. The van der Waals surface area contributed by atoms with Gasteiger partial charge in [-0.1, -0.05) is 13.8 Å². The van der Waals surface area contributed by atoms with E-state index in [1.165, 1.54) is 9.80 Å². The van der Waals surface area contributed by atoms with Gasteiger partial charge in [0.1, 0.15) is 13.2 Å². The Balaban J connectivity index is 2.32. The first-order valence-electron chi connectivity index (χ1n) is 11.9. The fraction of sp³-hybridized carbons (Fsp3) is 0.750. The monoisotopic (exact) mass is 480 g/mol. The Morgan fingerprint density at radius 3 is 2.24 bits per heavy atom. The number of ether oxygens (including phenoxy) is 2. The van der Waals surface area contributed by atoms with Gasteiger partial charge in [0.05, 0.1) is 17.6 Å². The van der Waals surface area contributed by atoms with E-state index >= 15 is 0 Å². The van der Waals surface area contributed by atoms with Gasteiger partial charge in [-0.15, -0.1) is 0 Å². The summed E-state index contributed by atoms with van der Waals surface area (Å²) >= 11 is 0. The van der Waals surface area contributed by atoms with Crippen molar-refractivity contribution in [2.75, 3.05) is 46.4 Å². The highest BCUT2D eigenvalue weighted by molar-refractivity contribution is 5.94. The van der Waals surface area contributed by atoms with Gasteiger partial charge in [0.25, 0.3) is 0 Å². The molecule has 0 aliphatic carbocycles. The van der Waals surface area contributed by atoms with Crippen molar-refractivity contribution in [2.24, 2.45) is 5.92 Å². The van der Waals surface area contributed by atoms with Crippen LogP contribution in [0.25, 0.3) is 0 Å². The van der Waals surface area contributed by atoms with Gasteiger partial charge in [0.15, 0.2) is 11.6 Å². The van der Waals surface area contributed by atoms with E-state index in [0.717, 1.165) is 0 Å². The van der Waals surface area contributed by atoms with Crippen LogP contribution in [0.2, 0.25) is 0 Å². The van der Waals surface area contributed by atoms with Gasteiger partial charge in [0, 0.05) is 38.6 Å². The molecule has 2 N–H and O–H groups in total. The number of hydrogen-bond donors (Lipinski definition) is 2. The van der Waals surface area contributed by atoms with E-state index < -0.39 is 23.3 Å². The molecule has 0 radical (unpaired) electrons. The second-order valence-electron chi connectivity index (χ2n) is 9.98. The van der Waals surface area contributed by atoms with E-state index in [1.807, 2.05) is 27.7 Å². The molecular formula is C24H40N4O6. The van der Waals surface area contributed by atoms with E-state index in [-0.39, 0.29) is 56.4 Å². The standard InChI is InChI=1S/C24H40N4O6/c1-17(2)20(30)23(5)9-11-27(6)21(31)33-13-7-8-14-34-22(32)28-12-10-24(16-28,26-18(3)4)19(29)15-25-23/h7-8,17-18,25-26H,9-16H2,1-6H3/t23-,24+/m0/s1. The molecule has 0 aromatic carbocycles. The Labute approximate surface area is 202 Å². The second-order valence-corrected chi connectivity index (χ2v) is 9.98. The molecular weight excluding hydrogens is 440 g/mol. The van der Waals surface area contributed by atoms with Gasteiger partial charge in [-0.3, -0.25) is 14.9 Å². The first-order chi connectivity index (χ1) is 15.9.